The molecule has 3 aromatic rings. The molecule has 2 N–H and O–H groups in total. The van der Waals surface area contributed by atoms with Crippen molar-refractivity contribution in [2.75, 3.05) is 5.73 Å². The molecular formula is C16H16N2O2. The summed E-state index contributed by atoms with van der Waals surface area (Å²) in [7, 11) is 0. The van der Waals surface area contributed by atoms with E-state index in [1.54, 1.807) is 6.26 Å². The topological polar surface area (TPSA) is 65.2 Å². The van der Waals surface area contributed by atoms with Gasteiger partial charge in [-0.3, -0.25) is 0 Å². The van der Waals surface area contributed by atoms with E-state index in [2.05, 4.69) is 31.1 Å². The van der Waals surface area contributed by atoms with E-state index in [1.165, 1.54) is 11.1 Å². The summed E-state index contributed by atoms with van der Waals surface area (Å²) >= 11 is 0. The van der Waals surface area contributed by atoms with E-state index in [-0.39, 0.29) is 0 Å². The molecule has 102 valence electrons. The number of aromatic nitrogens is 1. The van der Waals surface area contributed by atoms with Crippen LogP contribution in [0.1, 0.15) is 16.9 Å². The van der Waals surface area contributed by atoms with Crippen LogP contribution in [0.25, 0.3) is 22.5 Å². The van der Waals surface area contributed by atoms with E-state index in [0.29, 0.717) is 11.6 Å². The predicted molar refractivity (Wildman–Crippen MR) is 78.3 cm³/mol. The smallest absolute Gasteiger partial charge is 0.180 e. The van der Waals surface area contributed by atoms with Crippen LogP contribution in [0.4, 0.5) is 5.82 Å². The van der Waals surface area contributed by atoms with Crippen LogP contribution in [0.3, 0.4) is 0 Å². The molecule has 0 atom stereocenters. The molecule has 0 radical (unpaired) electrons. The van der Waals surface area contributed by atoms with Gasteiger partial charge in [0, 0.05) is 0 Å². The van der Waals surface area contributed by atoms with Gasteiger partial charge in [0.05, 0.1) is 11.1 Å². The van der Waals surface area contributed by atoms with Crippen LogP contribution < -0.4 is 5.73 Å². The van der Waals surface area contributed by atoms with Crippen molar-refractivity contribution >= 4 is 5.82 Å². The van der Waals surface area contributed by atoms with Gasteiger partial charge in [0.25, 0.3) is 0 Å². The highest BCUT2D eigenvalue weighted by atomic mass is 16.5. The Morgan fingerprint density at radius 2 is 1.80 bits per heavy atom. The minimum absolute atomic E-state index is 0.391. The van der Waals surface area contributed by atoms with E-state index in [1.807, 2.05) is 19.1 Å². The Labute approximate surface area is 117 Å². The second kappa shape index (κ2) is 4.56. The summed E-state index contributed by atoms with van der Waals surface area (Å²) in [4.78, 5) is 0. The van der Waals surface area contributed by atoms with Crippen LogP contribution >= 0.6 is 0 Å². The lowest BCUT2D eigenvalue weighted by Gasteiger charge is -2.05. The first kappa shape index (κ1) is 12.5. The Morgan fingerprint density at radius 1 is 1.00 bits per heavy atom. The van der Waals surface area contributed by atoms with Crippen molar-refractivity contribution < 1.29 is 8.94 Å². The van der Waals surface area contributed by atoms with Gasteiger partial charge in [-0.25, -0.2) is 0 Å². The lowest BCUT2D eigenvalue weighted by atomic mass is 9.99. The fraction of sp³-hybridized carbons (Fsp3) is 0.188. The molecule has 0 saturated carbocycles. The molecule has 1 aromatic carbocycles. The largest absolute Gasteiger partial charge is 0.469 e. The Hall–Kier alpha value is -2.49. The van der Waals surface area contributed by atoms with Gasteiger partial charge in [-0.1, -0.05) is 23.4 Å². The molecule has 0 aliphatic rings. The van der Waals surface area contributed by atoms with Gasteiger partial charge in [-0.2, -0.15) is 0 Å². The fourth-order valence-corrected chi connectivity index (χ4v) is 2.24. The molecular weight excluding hydrogens is 252 g/mol. The molecule has 2 aromatic heterocycles. The molecule has 2 heterocycles. The monoisotopic (exact) mass is 268 g/mol. The van der Waals surface area contributed by atoms with Gasteiger partial charge in [0.15, 0.2) is 11.6 Å². The highest BCUT2D eigenvalue weighted by molar-refractivity contribution is 5.86. The van der Waals surface area contributed by atoms with Crippen LogP contribution in [-0.2, 0) is 0 Å². The zero-order valence-electron chi connectivity index (χ0n) is 11.7. The van der Waals surface area contributed by atoms with Crippen molar-refractivity contribution in [2.24, 2.45) is 0 Å². The Kier molecular flexibility index (Phi) is 2.86. The SMILES string of the molecule is Cc1cc(-c2onc(N)c2-c2ccc(C)c(C)c2)co1. The summed E-state index contributed by atoms with van der Waals surface area (Å²) in [5.41, 5.74) is 11.1. The van der Waals surface area contributed by atoms with Crippen molar-refractivity contribution in [3.63, 3.8) is 0 Å². The minimum atomic E-state index is 0.391. The molecule has 0 unspecified atom stereocenters. The summed E-state index contributed by atoms with van der Waals surface area (Å²) in [5, 5.41) is 3.89. The van der Waals surface area contributed by atoms with E-state index in [0.717, 1.165) is 22.5 Å². The summed E-state index contributed by atoms with van der Waals surface area (Å²) in [5.74, 6) is 1.85. The van der Waals surface area contributed by atoms with Gasteiger partial charge >= 0.3 is 0 Å². The maximum absolute atomic E-state index is 5.97. The average Bonchev–Trinajstić information content (AvgIpc) is 2.99. The maximum Gasteiger partial charge on any atom is 0.180 e. The third-order valence-corrected chi connectivity index (χ3v) is 3.51. The number of nitrogens with two attached hydrogens (primary N) is 1. The van der Waals surface area contributed by atoms with Gasteiger partial charge in [0.1, 0.15) is 12.0 Å². The minimum Gasteiger partial charge on any atom is -0.469 e. The molecule has 0 aliphatic heterocycles. The van der Waals surface area contributed by atoms with Gasteiger partial charge in [0.2, 0.25) is 0 Å². The number of nitrogens with zero attached hydrogens (tertiary/aromatic N) is 1. The second-order valence-corrected chi connectivity index (χ2v) is 5.02. The standard InChI is InChI=1S/C16H16N2O2/c1-9-4-5-12(6-10(9)2)14-15(20-18-16(14)17)13-7-11(3)19-8-13/h4-8H,1-3H3,(H2,17,18). The van der Waals surface area contributed by atoms with Crippen molar-refractivity contribution in [2.45, 2.75) is 20.8 Å². The third kappa shape index (κ3) is 1.99. The lowest BCUT2D eigenvalue weighted by Crippen LogP contribution is -1.90. The normalized spacial score (nSPS) is 10.9. The first-order valence-corrected chi connectivity index (χ1v) is 6.44. The first-order valence-electron chi connectivity index (χ1n) is 6.44. The van der Waals surface area contributed by atoms with Crippen LogP contribution in [0.2, 0.25) is 0 Å². The number of aryl methyl sites for hydroxylation is 3. The quantitative estimate of drug-likeness (QED) is 0.759. The first-order chi connectivity index (χ1) is 9.56. The number of hydrogen-bond donors (Lipinski definition) is 1. The summed E-state index contributed by atoms with van der Waals surface area (Å²) in [6.45, 7) is 6.04. The highest BCUT2D eigenvalue weighted by Crippen LogP contribution is 2.37. The molecule has 0 amide bonds. The van der Waals surface area contributed by atoms with E-state index < -0.39 is 0 Å². The molecule has 0 spiro atoms. The molecule has 4 heteroatoms. The molecule has 0 fully saturated rings. The number of benzene rings is 1. The maximum atomic E-state index is 5.97. The number of rotatable bonds is 2. The molecule has 4 nitrogen and oxygen atoms in total. The summed E-state index contributed by atoms with van der Waals surface area (Å²) in [6, 6.07) is 8.10. The second-order valence-electron chi connectivity index (χ2n) is 5.02. The Morgan fingerprint density at radius 3 is 2.45 bits per heavy atom. The number of nitrogen functional groups attached to an aromatic ring is 1. The molecule has 3 rings (SSSR count). The lowest BCUT2D eigenvalue weighted by molar-refractivity contribution is 0.435. The zero-order chi connectivity index (χ0) is 14.3. The van der Waals surface area contributed by atoms with Crippen LogP contribution in [-0.4, -0.2) is 5.16 Å². The Balaban J connectivity index is 2.18. The predicted octanol–water partition coefficient (Wildman–Crippen LogP) is 4.11. The molecule has 0 saturated heterocycles. The molecule has 0 aliphatic carbocycles. The van der Waals surface area contributed by atoms with Crippen molar-refractivity contribution in [1.29, 1.82) is 0 Å². The van der Waals surface area contributed by atoms with Crippen molar-refractivity contribution in [3.05, 3.63) is 47.4 Å². The highest BCUT2D eigenvalue weighted by Gasteiger charge is 2.19. The molecule has 0 bridgehead atoms. The number of hydrogen-bond acceptors (Lipinski definition) is 4. The summed E-state index contributed by atoms with van der Waals surface area (Å²) < 4.78 is 10.7. The van der Waals surface area contributed by atoms with E-state index in [4.69, 9.17) is 14.7 Å². The van der Waals surface area contributed by atoms with Crippen LogP contribution in [0, 0.1) is 20.8 Å². The van der Waals surface area contributed by atoms with Crippen molar-refractivity contribution in [3.8, 4) is 22.5 Å². The van der Waals surface area contributed by atoms with Crippen LogP contribution in [0.5, 0.6) is 0 Å². The average molecular weight is 268 g/mol. The van der Waals surface area contributed by atoms with Crippen LogP contribution in [0.15, 0.2) is 39.5 Å². The fourth-order valence-electron chi connectivity index (χ4n) is 2.24. The third-order valence-electron chi connectivity index (χ3n) is 3.51. The van der Waals surface area contributed by atoms with E-state index in [9.17, 15) is 0 Å². The van der Waals surface area contributed by atoms with Gasteiger partial charge in [-0.15, -0.1) is 0 Å². The van der Waals surface area contributed by atoms with Gasteiger partial charge in [-0.05, 0) is 43.5 Å². The van der Waals surface area contributed by atoms with E-state index >= 15 is 0 Å². The Bertz CT molecular complexity index is 769. The van der Waals surface area contributed by atoms with Gasteiger partial charge < -0.3 is 14.7 Å². The molecule has 20 heavy (non-hydrogen) atoms. The zero-order valence-corrected chi connectivity index (χ0v) is 11.7. The number of furan rings is 1. The number of anilines is 1. The summed E-state index contributed by atoms with van der Waals surface area (Å²) in [6.07, 6.45) is 1.65. The van der Waals surface area contributed by atoms with Crippen molar-refractivity contribution in [1.82, 2.24) is 5.16 Å².